The lowest BCUT2D eigenvalue weighted by molar-refractivity contribution is 0.269. The van der Waals surface area contributed by atoms with Gasteiger partial charge in [0.05, 0.1) is 23.0 Å². The Balaban J connectivity index is 1.59. The Labute approximate surface area is 185 Å². The van der Waals surface area contributed by atoms with Gasteiger partial charge in [-0.15, -0.1) is 0 Å². The second kappa shape index (κ2) is 11.2. The van der Waals surface area contributed by atoms with E-state index in [-0.39, 0.29) is 6.61 Å². The molecule has 0 atom stereocenters. The number of imidazole rings is 1. The van der Waals surface area contributed by atoms with Crippen LogP contribution < -0.4 is 14.8 Å². The second-order valence-electron chi connectivity index (χ2n) is 6.69. The lowest BCUT2D eigenvalue weighted by Crippen LogP contribution is -2.16. The highest BCUT2D eigenvalue weighted by atomic mass is 35.5. The molecule has 1 heterocycles. The number of nitrogens with zero attached hydrogens (tertiary/aromatic N) is 2. The molecule has 2 aromatic carbocycles. The summed E-state index contributed by atoms with van der Waals surface area (Å²) in [6, 6.07) is 7.96. The first kappa shape index (κ1) is 22.4. The number of benzene rings is 2. The summed E-state index contributed by atoms with van der Waals surface area (Å²) in [7, 11) is 0. The summed E-state index contributed by atoms with van der Waals surface area (Å²) in [6.07, 6.45) is 6.53. The predicted octanol–water partition coefficient (Wildman–Crippen LogP) is 5.49. The third kappa shape index (κ3) is 6.36. The van der Waals surface area contributed by atoms with E-state index in [1.54, 1.807) is 12.3 Å². The molecule has 30 heavy (non-hydrogen) atoms. The van der Waals surface area contributed by atoms with Crippen LogP contribution in [0.25, 0.3) is 0 Å². The zero-order valence-electron chi connectivity index (χ0n) is 16.7. The van der Waals surface area contributed by atoms with Gasteiger partial charge in [-0.2, -0.15) is 0 Å². The van der Waals surface area contributed by atoms with E-state index >= 15 is 0 Å². The van der Waals surface area contributed by atoms with Crippen LogP contribution in [-0.2, 0) is 19.7 Å². The third-order valence-corrected chi connectivity index (χ3v) is 5.05. The Morgan fingerprint density at radius 2 is 2.00 bits per heavy atom. The van der Waals surface area contributed by atoms with Crippen molar-refractivity contribution in [3.63, 3.8) is 0 Å². The van der Waals surface area contributed by atoms with Gasteiger partial charge in [-0.3, -0.25) is 0 Å². The van der Waals surface area contributed by atoms with Gasteiger partial charge in [0.25, 0.3) is 0 Å². The molecule has 160 valence electrons. The largest absolute Gasteiger partial charge is 0.490 e. The molecule has 0 fully saturated rings. The summed E-state index contributed by atoms with van der Waals surface area (Å²) in [6.45, 7) is 4.97. The minimum atomic E-state index is -0.390. The molecule has 0 unspecified atom stereocenters. The average Bonchev–Trinajstić information content (AvgIpc) is 3.22. The number of aromatic nitrogens is 2. The predicted molar refractivity (Wildman–Crippen MR) is 117 cm³/mol. The molecule has 0 aliphatic rings. The number of nitrogens with one attached hydrogen (secondary N) is 1. The summed E-state index contributed by atoms with van der Waals surface area (Å²) in [5, 5.41) is 4.17. The van der Waals surface area contributed by atoms with Crippen molar-refractivity contribution >= 4 is 23.2 Å². The summed E-state index contributed by atoms with van der Waals surface area (Å²) < 4.78 is 26.9. The van der Waals surface area contributed by atoms with Gasteiger partial charge in [-0.05, 0) is 49.7 Å². The van der Waals surface area contributed by atoms with Crippen molar-refractivity contribution in [3.8, 4) is 11.5 Å². The Morgan fingerprint density at radius 1 is 1.13 bits per heavy atom. The summed E-state index contributed by atoms with van der Waals surface area (Å²) in [5.74, 6) is 0.625. The quantitative estimate of drug-likeness (QED) is 0.391. The number of ether oxygens (including phenoxy) is 2. The maximum atomic E-state index is 13.2. The van der Waals surface area contributed by atoms with Crippen LogP contribution in [0.4, 0.5) is 4.39 Å². The van der Waals surface area contributed by atoms with E-state index in [2.05, 4.69) is 10.3 Å². The minimum absolute atomic E-state index is 0.157. The highest BCUT2D eigenvalue weighted by Gasteiger charge is 2.14. The van der Waals surface area contributed by atoms with Crippen LogP contribution in [0.2, 0.25) is 10.0 Å². The topological polar surface area (TPSA) is 48.3 Å². The molecule has 0 aliphatic heterocycles. The molecule has 0 bridgehead atoms. The van der Waals surface area contributed by atoms with Gasteiger partial charge in [0.1, 0.15) is 12.4 Å². The summed E-state index contributed by atoms with van der Waals surface area (Å²) in [4.78, 5) is 4.03. The van der Waals surface area contributed by atoms with E-state index in [4.69, 9.17) is 32.7 Å². The Morgan fingerprint density at radius 3 is 2.73 bits per heavy atom. The molecule has 0 amide bonds. The Hall–Kier alpha value is -2.28. The van der Waals surface area contributed by atoms with Crippen LogP contribution in [-0.4, -0.2) is 22.7 Å². The lowest BCUT2D eigenvalue weighted by atomic mass is 10.2. The number of halogens is 3. The SMILES string of the molecule is CCOc1cc(CNCCCn2ccnc2)cc(Cl)c1OCc1ccc(F)cc1Cl. The monoisotopic (exact) mass is 451 g/mol. The van der Waals surface area contributed by atoms with E-state index in [1.165, 1.54) is 12.1 Å². The molecule has 0 spiro atoms. The molecule has 5 nitrogen and oxygen atoms in total. The van der Waals surface area contributed by atoms with Gasteiger partial charge in [-0.25, -0.2) is 9.37 Å². The minimum Gasteiger partial charge on any atom is -0.490 e. The fraction of sp³-hybridized carbons (Fsp3) is 0.318. The van der Waals surface area contributed by atoms with Crippen molar-refractivity contribution in [1.82, 2.24) is 14.9 Å². The van der Waals surface area contributed by atoms with Crippen LogP contribution >= 0.6 is 23.2 Å². The van der Waals surface area contributed by atoms with Gasteiger partial charge in [0, 0.05) is 31.0 Å². The van der Waals surface area contributed by atoms with E-state index < -0.39 is 5.82 Å². The van der Waals surface area contributed by atoms with Crippen LogP contribution in [0, 0.1) is 5.82 Å². The molecule has 1 aromatic heterocycles. The Bertz CT molecular complexity index is 952. The van der Waals surface area contributed by atoms with E-state index in [1.807, 2.05) is 36.1 Å². The summed E-state index contributed by atoms with van der Waals surface area (Å²) >= 11 is 12.6. The molecule has 3 rings (SSSR count). The maximum absolute atomic E-state index is 13.2. The van der Waals surface area contributed by atoms with Gasteiger partial charge < -0.3 is 19.4 Å². The highest BCUT2D eigenvalue weighted by molar-refractivity contribution is 6.32. The standard InChI is InChI=1S/C22H24Cl2FN3O2/c1-2-29-21-11-16(13-26-6-3-8-28-9-7-27-15-28)10-20(24)22(21)30-14-17-4-5-18(25)12-19(17)23/h4-5,7,9-12,15,26H,2-3,6,8,13-14H2,1H3. The van der Waals surface area contributed by atoms with Crippen molar-refractivity contribution in [2.24, 2.45) is 0 Å². The second-order valence-corrected chi connectivity index (χ2v) is 7.51. The first-order valence-corrected chi connectivity index (χ1v) is 10.5. The molecule has 1 N–H and O–H groups in total. The third-order valence-electron chi connectivity index (χ3n) is 4.41. The van der Waals surface area contributed by atoms with Crippen molar-refractivity contribution in [2.75, 3.05) is 13.2 Å². The number of hydrogen-bond donors (Lipinski definition) is 1. The van der Waals surface area contributed by atoms with Crippen LogP contribution in [0.1, 0.15) is 24.5 Å². The highest BCUT2D eigenvalue weighted by Crippen LogP contribution is 2.37. The number of hydrogen-bond acceptors (Lipinski definition) is 4. The maximum Gasteiger partial charge on any atom is 0.180 e. The first-order chi connectivity index (χ1) is 14.6. The molecule has 0 aliphatic carbocycles. The normalized spacial score (nSPS) is 10.9. The number of aryl methyl sites for hydroxylation is 1. The molecule has 3 aromatic rings. The van der Waals surface area contributed by atoms with Crippen LogP contribution in [0.3, 0.4) is 0 Å². The zero-order valence-corrected chi connectivity index (χ0v) is 18.2. The average molecular weight is 452 g/mol. The zero-order chi connectivity index (χ0) is 21.3. The van der Waals surface area contributed by atoms with E-state index in [0.717, 1.165) is 25.1 Å². The lowest BCUT2D eigenvalue weighted by Gasteiger charge is -2.16. The van der Waals surface area contributed by atoms with E-state index in [0.29, 0.717) is 40.3 Å². The van der Waals surface area contributed by atoms with Gasteiger partial charge in [0.2, 0.25) is 0 Å². The van der Waals surface area contributed by atoms with Gasteiger partial charge in [0.15, 0.2) is 11.5 Å². The van der Waals surface area contributed by atoms with E-state index in [9.17, 15) is 4.39 Å². The Kier molecular flexibility index (Phi) is 8.37. The molecular formula is C22H24Cl2FN3O2. The fourth-order valence-corrected chi connectivity index (χ4v) is 3.46. The van der Waals surface area contributed by atoms with Crippen molar-refractivity contribution < 1.29 is 13.9 Å². The smallest absolute Gasteiger partial charge is 0.180 e. The molecule has 0 saturated heterocycles. The molecule has 0 radical (unpaired) electrons. The van der Waals surface area contributed by atoms with Crippen molar-refractivity contribution in [3.05, 3.63) is 76.0 Å². The first-order valence-electron chi connectivity index (χ1n) is 9.75. The molecule has 0 saturated carbocycles. The van der Waals surface area contributed by atoms with Gasteiger partial charge >= 0.3 is 0 Å². The van der Waals surface area contributed by atoms with Crippen LogP contribution in [0.15, 0.2) is 49.1 Å². The molecule has 8 heteroatoms. The molecular weight excluding hydrogens is 428 g/mol. The fourth-order valence-electron chi connectivity index (χ4n) is 2.95. The van der Waals surface area contributed by atoms with Crippen LogP contribution in [0.5, 0.6) is 11.5 Å². The van der Waals surface area contributed by atoms with Crippen molar-refractivity contribution in [2.45, 2.75) is 33.0 Å². The summed E-state index contributed by atoms with van der Waals surface area (Å²) in [5.41, 5.74) is 1.67. The van der Waals surface area contributed by atoms with Gasteiger partial charge in [-0.1, -0.05) is 29.3 Å². The van der Waals surface area contributed by atoms with Crippen molar-refractivity contribution in [1.29, 1.82) is 0 Å². The number of rotatable bonds is 11.